The zero-order valence-electron chi connectivity index (χ0n) is 18.3. The summed E-state index contributed by atoms with van der Waals surface area (Å²) in [5.74, 6) is -0.181. The molecule has 0 aliphatic rings. The van der Waals surface area contributed by atoms with Gasteiger partial charge in [0, 0.05) is 19.5 Å². The van der Waals surface area contributed by atoms with Crippen LogP contribution in [-0.2, 0) is 29.0 Å². The third-order valence-corrected chi connectivity index (χ3v) is 5.29. The molecule has 2 amide bonds. The molecule has 3 aromatic rings. The van der Waals surface area contributed by atoms with E-state index < -0.39 is 6.04 Å². The predicted molar refractivity (Wildman–Crippen MR) is 124 cm³/mol. The van der Waals surface area contributed by atoms with Gasteiger partial charge in [-0.05, 0) is 30.5 Å². The van der Waals surface area contributed by atoms with E-state index in [1.807, 2.05) is 98.8 Å². The number of nitrogens with zero attached hydrogens (tertiary/aromatic N) is 1. The van der Waals surface area contributed by atoms with E-state index >= 15 is 0 Å². The fourth-order valence-electron chi connectivity index (χ4n) is 3.61. The van der Waals surface area contributed by atoms with Gasteiger partial charge in [-0.15, -0.1) is 0 Å². The third kappa shape index (κ3) is 6.54. The Morgan fingerprint density at radius 3 is 1.97 bits per heavy atom. The fraction of sp³-hybridized carbons (Fsp3) is 0.259. The van der Waals surface area contributed by atoms with Crippen molar-refractivity contribution in [2.45, 2.75) is 39.3 Å². The van der Waals surface area contributed by atoms with Crippen molar-refractivity contribution >= 4 is 11.8 Å². The second kappa shape index (κ2) is 11.1. The first-order valence-corrected chi connectivity index (χ1v) is 10.8. The summed E-state index contributed by atoms with van der Waals surface area (Å²) in [6, 6.07) is 27.1. The number of hydrogen-bond acceptors (Lipinski definition) is 2. The summed E-state index contributed by atoms with van der Waals surface area (Å²) in [6.45, 7) is 4.83. The molecule has 0 bridgehead atoms. The van der Waals surface area contributed by atoms with Crippen LogP contribution in [0.4, 0.5) is 0 Å². The molecule has 0 aromatic heterocycles. The maximum absolute atomic E-state index is 13.5. The average Bonchev–Trinajstić information content (AvgIpc) is 2.79. The van der Waals surface area contributed by atoms with Crippen LogP contribution in [0.15, 0.2) is 84.9 Å². The molecular formula is C27H30N2O2. The van der Waals surface area contributed by atoms with Crippen LogP contribution in [0, 0.1) is 6.92 Å². The van der Waals surface area contributed by atoms with Gasteiger partial charge in [0.1, 0.15) is 6.04 Å². The Morgan fingerprint density at radius 1 is 0.806 bits per heavy atom. The van der Waals surface area contributed by atoms with Crippen molar-refractivity contribution in [3.05, 3.63) is 107 Å². The van der Waals surface area contributed by atoms with Gasteiger partial charge in [0.2, 0.25) is 11.8 Å². The van der Waals surface area contributed by atoms with E-state index in [0.717, 1.165) is 22.3 Å². The zero-order valence-corrected chi connectivity index (χ0v) is 18.3. The molecular weight excluding hydrogens is 384 g/mol. The number of aryl methyl sites for hydroxylation is 1. The lowest BCUT2D eigenvalue weighted by Gasteiger charge is -2.31. The van der Waals surface area contributed by atoms with Crippen molar-refractivity contribution in [2.75, 3.05) is 6.54 Å². The van der Waals surface area contributed by atoms with Gasteiger partial charge in [0.05, 0.1) is 6.42 Å². The molecule has 31 heavy (non-hydrogen) atoms. The normalized spacial score (nSPS) is 11.5. The minimum atomic E-state index is -0.583. The van der Waals surface area contributed by atoms with Crippen molar-refractivity contribution < 1.29 is 9.59 Å². The SMILES string of the molecule is CCNC(=O)[C@@H](Cc1ccccc1)N(Cc1ccccc1)C(=O)Cc1ccc(C)cc1. The van der Waals surface area contributed by atoms with Crippen LogP contribution in [0.25, 0.3) is 0 Å². The van der Waals surface area contributed by atoms with Crippen molar-refractivity contribution in [2.24, 2.45) is 0 Å². The molecule has 1 atom stereocenters. The molecule has 1 N–H and O–H groups in total. The molecule has 0 spiro atoms. The van der Waals surface area contributed by atoms with Crippen molar-refractivity contribution in [1.82, 2.24) is 10.2 Å². The van der Waals surface area contributed by atoms with E-state index in [2.05, 4.69) is 5.32 Å². The number of carbonyl (C=O) groups is 2. The standard InChI is InChI=1S/C27H30N2O2/c1-3-28-27(31)25(18-22-10-6-4-7-11-22)29(20-24-12-8-5-9-13-24)26(30)19-23-16-14-21(2)15-17-23/h4-17,25H,3,18-20H2,1-2H3,(H,28,31)/t25-/m1/s1. The number of carbonyl (C=O) groups excluding carboxylic acids is 2. The summed E-state index contributed by atoms with van der Waals surface area (Å²) in [5, 5.41) is 2.93. The smallest absolute Gasteiger partial charge is 0.243 e. The highest BCUT2D eigenvalue weighted by Crippen LogP contribution is 2.17. The Balaban J connectivity index is 1.92. The van der Waals surface area contributed by atoms with Crippen LogP contribution >= 0.6 is 0 Å². The number of benzene rings is 3. The highest BCUT2D eigenvalue weighted by atomic mass is 16.2. The molecule has 3 rings (SSSR count). The Hall–Kier alpha value is -3.40. The van der Waals surface area contributed by atoms with Crippen molar-refractivity contribution in [3.8, 4) is 0 Å². The van der Waals surface area contributed by atoms with Crippen molar-refractivity contribution in [3.63, 3.8) is 0 Å². The first-order valence-electron chi connectivity index (χ1n) is 10.8. The fourth-order valence-corrected chi connectivity index (χ4v) is 3.61. The summed E-state index contributed by atoms with van der Waals surface area (Å²) in [6.07, 6.45) is 0.733. The highest BCUT2D eigenvalue weighted by Gasteiger charge is 2.30. The number of rotatable bonds is 9. The monoisotopic (exact) mass is 414 g/mol. The van der Waals surface area contributed by atoms with E-state index in [-0.39, 0.29) is 18.2 Å². The molecule has 0 saturated carbocycles. The first kappa shape index (κ1) is 22.3. The number of amides is 2. The van der Waals surface area contributed by atoms with Gasteiger partial charge < -0.3 is 10.2 Å². The summed E-state index contributed by atoms with van der Waals surface area (Å²) < 4.78 is 0. The summed E-state index contributed by atoms with van der Waals surface area (Å²) in [7, 11) is 0. The van der Waals surface area contributed by atoms with Gasteiger partial charge >= 0.3 is 0 Å². The van der Waals surface area contributed by atoms with E-state index in [9.17, 15) is 9.59 Å². The molecule has 4 heteroatoms. The lowest BCUT2D eigenvalue weighted by Crippen LogP contribution is -2.50. The molecule has 0 aliphatic heterocycles. The molecule has 3 aromatic carbocycles. The number of nitrogens with one attached hydrogen (secondary N) is 1. The average molecular weight is 415 g/mol. The van der Waals surface area contributed by atoms with E-state index in [1.165, 1.54) is 0 Å². The molecule has 0 aliphatic carbocycles. The maximum atomic E-state index is 13.5. The number of hydrogen-bond donors (Lipinski definition) is 1. The third-order valence-electron chi connectivity index (χ3n) is 5.29. The minimum Gasteiger partial charge on any atom is -0.355 e. The van der Waals surface area contributed by atoms with Crippen molar-refractivity contribution in [1.29, 1.82) is 0 Å². The summed E-state index contributed by atoms with van der Waals surface area (Å²) >= 11 is 0. The van der Waals surface area contributed by atoms with E-state index in [4.69, 9.17) is 0 Å². The van der Waals surface area contributed by atoms with Gasteiger partial charge in [0.15, 0.2) is 0 Å². The van der Waals surface area contributed by atoms with Crippen LogP contribution in [0.2, 0.25) is 0 Å². The van der Waals surface area contributed by atoms with Crippen LogP contribution < -0.4 is 5.32 Å². The van der Waals surface area contributed by atoms with Crippen LogP contribution in [0.5, 0.6) is 0 Å². The molecule has 0 fully saturated rings. The zero-order chi connectivity index (χ0) is 22.1. The predicted octanol–water partition coefficient (Wildman–Crippen LogP) is 4.31. The molecule has 0 radical (unpaired) electrons. The second-order valence-electron chi connectivity index (χ2n) is 7.77. The Labute approximate surface area is 184 Å². The summed E-state index contributed by atoms with van der Waals surface area (Å²) in [4.78, 5) is 28.3. The molecule has 160 valence electrons. The Kier molecular flexibility index (Phi) is 7.99. The quantitative estimate of drug-likeness (QED) is 0.567. The topological polar surface area (TPSA) is 49.4 Å². The molecule has 0 heterocycles. The van der Waals surface area contributed by atoms with Gasteiger partial charge in [-0.25, -0.2) is 0 Å². The minimum absolute atomic E-state index is 0.0557. The molecule has 4 nitrogen and oxygen atoms in total. The maximum Gasteiger partial charge on any atom is 0.243 e. The summed E-state index contributed by atoms with van der Waals surface area (Å²) in [5.41, 5.74) is 4.13. The van der Waals surface area contributed by atoms with Gasteiger partial charge in [-0.3, -0.25) is 9.59 Å². The van der Waals surface area contributed by atoms with E-state index in [1.54, 1.807) is 4.90 Å². The van der Waals surface area contributed by atoms with Crippen LogP contribution in [0.3, 0.4) is 0 Å². The largest absolute Gasteiger partial charge is 0.355 e. The Morgan fingerprint density at radius 2 is 1.39 bits per heavy atom. The lowest BCUT2D eigenvalue weighted by molar-refractivity contribution is -0.140. The van der Waals surface area contributed by atoms with Gasteiger partial charge in [-0.1, -0.05) is 90.5 Å². The number of likely N-dealkylation sites (N-methyl/N-ethyl adjacent to an activating group) is 1. The van der Waals surface area contributed by atoms with Crippen LogP contribution in [-0.4, -0.2) is 29.3 Å². The van der Waals surface area contributed by atoms with Crippen LogP contribution in [0.1, 0.15) is 29.2 Å². The van der Waals surface area contributed by atoms with E-state index in [0.29, 0.717) is 19.5 Å². The van der Waals surface area contributed by atoms with Gasteiger partial charge in [-0.2, -0.15) is 0 Å². The first-order chi connectivity index (χ1) is 15.1. The highest BCUT2D eigenvalue weighted by molar-refractivity contribution is 5.88. The second-order valence-corrected chi connectivity index (χ2v) is 7.77. The van der Waals surface area contributed by atoms with Gasteiger partial charge in [0.25, 0.3) is 0 Å². The molecule has 0 saturated heterocycles. The lowest BCUT2D eigenvalue weighted by atomic mass is 10.0. The Bertz CT molecular complexity index is 969. The molecule has 0 unspecified atom stereocenters.